The van der Waals surface area contributed by atoms with Crippen LogP contribution >= 0.6 is 0 Å². The van der Waals surface area contributed by atoms with Gasteiger partial charge in [-0.05, 0) is 76.9 Å². The van der Waals surface area contributed by atoms with Gasteiger partial charge in [0.25, 0.3) is 5.91 Å². The Hall–Kier alpha value is -1.95. The number of carbonyl (C=O) groups is 2. The second-order valence-electron chi connectivity index (χ2n) is 8.84. The molecule has 1 aromatic rings. The fourth-order valence-electron chi connectivity index (χ4n) is 5.31. The molecule has 1 saturated carbocycles. The minimum Gasteiger partial charge on any atom is -0.349 e. The molecule has 2 unspecified atom stereocenters. The summed E-state index contributed by atoms with van der Waals surface area (Å²) in [6, 6.07) is 6.11. The molecule has 3 aliphatic rings. The molecular formula is C22H30FN3O2. The molecule has 3 fully saturated rings. The zero-order chi connectivity index (χ0) is 19.7. The highest BCUT2D eigenvalue weighted by Crippen LogP contribution is 2.46. The van der Waals surface area contributed by atoms with Crippen molar-refractivity contribution in [3.8, 4) is 0 Å². The minimum absolute atomic E-state index is 0.0223. The summed E-state index contributed by atoms with van der Waals surface area (Å²) >= 11 is 0. The summed E-state index contributed by atoms with van der Waals surface area (Å²) in [7, 11) is 2.14. The fraction of sp³-hybridized carbons (Fsp3) is 0.636. The number of nitrogens with one attached hydrogen (secondary N) is 1. The molecule has 1 aliphatic carbocycles. The van der Waals surface area contributed by atoms with E-state index in [1.165, 1.54) is 12.1 Å². The Balaban J connectivity index is 1.40. The van der Waals surface area contributed by atoms with Gasteiger partial charge in [0, 0.05) is 24.2 Å². The lowest BCUT2D eigenvalue weighted by Crippen LogP contribution is -2.49. The van der Waals surface area contributed by atoms with Crippen molar-refractivity contribution < 1.29 is 14.0 Å². The van der Waals surface area contributed by atoms with Crippen molar-refractivity contribution in [1.82, 2.24) is 15.1 Å². The zero-order valence-electron chi connectivity index (χ0n) is 16.6. The molecule has 2 heterocycles. The van der Waals surface area contributed by atoms with E-state index in [4.69, 9.17) is 0 Å². The highest BCUT2D eigenvalue weighted by atomic mass is 19.1. The van der Waals surface area contributed by atoms with Gasteiger partial charge < -0.3 is 15.1 Å². The molecule has 4 rings (SSSR count). The highest BCUT2D eigenvalue weighted by Gasteiger charge is 2.50. The lowest BCUT2D eigenvalue weighted by atomic mass is 9.71. The van der Waals surface area contributed by atoms with Gasteiger partial charge in [0.05, 0.1) is 5.41 Å². The van der Waals surface area contributed by atoms with Crippen molar-refractivity contribution in [3.63, 3.8) is 0 Å². The van der Waals surface area contributed by atoms with Crippen LogP contribution in [0.15, 0.2) is 24.3 Å². The Morgan fingerprint density at radius 1 is 1.18 bits per heavy atom. The molecule has 6 heteroatoms. The molecule has 5 nitrogen and oxygen atoms in total. The molecule has 2 saturated heterocycles. The third-order valence-electron chi connectivity index (χ3n) is 6.94. The Morgan fingerprint density at radius 3 is 2.71 bits per heavy atom. The topological polar surface area (TPSA) is 52.6 Å². The van der Waals surface area contributed by atoms with Gasteiger partial charge in [-0.25, -0.2) is 4.39 Å². The smallest absolute Gasteiger partial charge is 0.251 e. The lowest BCUT2D eigenvalue weighted by molar-refractivity contribution is -0.140. The first-order valence-corrected chi connectivity index (χ1v) is 10.5. The van der Waals surface area contributed by atoms with Crippen molar-refractivity contribution in [2.45, 2.75) is 57.0 Å². The standard InChI is InChI=1S/C22H30FN3O2/c1-25-11-7-19(8-12-25)26-13-10-22(21(26)28)9-3-6-18(15-22)24-20(27)16-4-2-5-17(23)14-16/h2,4-5,14,18-19H,3,6-13,15H2,1H3,(H,24,27). The molecule has 2 atom stereocenters. The number of hydrogen-bond donors (Lipinski definition) is 1. The van der Waals surface area contributed by atoms with Gasteiger partial charge in [0.1, 0.15) is 5.82 Å². The van der Waals surface area contributed by atoms with E-state index < -0.39 is 5.82 Å². The van der Waals surface area contributed by atoms with E-state index in [-0.39, 0.29) is 17.4 Å². The van der Waals surface area contributed by atoms with Crippen molar-refractivity contribution in [2.75, 3.05) is 26.7 Å². The average Bonchev–Trinajstić information content (AvgIpc) is 2.98. The maximum Gasteiger partial charge on any atom is 0.251 e. The summed E-state index contributed by atoms with van der Waals surface area (Å²) < 4.78 is 13.4. The Labute approximate surface area is 166 Å². The maximum atomic E-state index is 13.4. The van der Waals surface area contributed by atoms with Gasteiger partial charge in [-0.1, -0.05) is 12.5 Å². The molecule has 1 N–H and O–H groups in total. The number of carbonyl (C=O) groups excluding carboxylic acids is 2. The van der Waals surface area contributed by atoms with Gasteiger partial charge in [-0.3, -0.25) is 9.59 Å². The van der Waals surface area contributed by atoms with E-state index in [0.717, 1.165) is 58.2 Å². The van der Waals surface area contributed by atoms with Gasteiger partial charge in [-0.2, -0.15) is 0 Å². The third-order valence-corrected chi connectivity index (χ3v) is 6.94. The first-order chi connectivity index (χ1) is 13.5. The minimum atomic E-state index is -0.410. The number of benzene rings is 1. The second kappa shape index (κ2) is 7.82. The van der Waals surface area contributed by atoms with Crippen LogP contribution in [0.1, 0.15) is 55.3 Å². The van der Waals surface area contributed by atoms with Gasteiger partial charge in [0.15, 0.2) is 0 Å². The number of halogens is 1. The molecule has 1 spiro atoms. The summed E-state index contributed by atoms with van der Waals surface area (Å²) in [5.74, 6) is -0.363. The number of hydrogen-bond acceptors (Lipinski definition) is 3. The lowest BCUT2D eigenvalue weighted by Gasteiger charge is -2.39. The van der Waals surface area contributed by atoms with Crippen molar-refractivity contribution in [1.29, 1.82) is 0 Å². The number of piperidine rings is 1. The van der Waals surface area contributed by atoms with Crippen molar-refractivity contribution in [2.24, 2.45) is 5.41 Å². The largest absolute Gasteiger partial charge is 0.349 e. The fourth-order valence-corrected chi connectivity index (χ4v) is 5.31. The van der Waals surface area contributed by atoms with E-state index >= 15 is 0 Å². The third kappa shape index (κ3) is 3.79. The van der Waals surface area contributed by atoms with Crippen LogP contribution < -0.4 is 5.32 Å². The first-order valence-electron chi connectivity index (χ1n) is 10.5. The number of rotatable bonds is 3. The Morgan fingerprint density at radius 2 is 1.96 bits per heavy atom. The quantitative estimate of drug-likeness (QED) is 0.868. The molecule has 0 radical (unpaired) electrons. The maximum absolute atomic E-state index is 13.4. The Kier molecular flexibility index (Phi) is 5.41. The number of likely N-dealkylation sites (tertiary alicyclic amines) is 2. The van der Waals surface area contributed by atoms with Crippen molar-refractivity contribution in [3.05, 3.63) is 35.6 Å². The summed E-state index contributed by atoms with van der Waals surface area (Å²) in [4.78, 5) is 30.3. The van der Waals surface area contributed by atoms with Crippen LogP contribution in [0.5, 0.6) is 0 Å². The average molecular weight is 387 g/mol. The van der Waals surface area contributed by atoms with Crippen LogP contribution in [-0.2, 0) is 4.79 Å². The van der Waals surface area contributed by atoms with Crippen LogP contribution in [0.3, 0.4) is 0 Å². The highest BCUT2D eigenvalue weighted by molar-refractivity contribution is 5.94. The molecular weight excluding hydrogens is 357 g/mol. The normalized spacial score (nSPS) is 29.4. The van der Waals surface area contributed by atoms with E-state index in [2.05, 4.69) is 22.2 Å². The second-order valence-corrected chi connectivity index (χ2v) is 8.84. The molecule has 2 aliphatic heterocycles. The summed E-state index contributed by atoms with van der Waals surface area (Å²) in [5, 5.41) is 3.05. The van der Waals surface area contributed by atoms with E-state index in [1.54, 1.807) is 12.1 Å². The molecule has 28 heavy (non-hydrogen) atoms. The van der Waals surface area contributed by atoms with E-state index in [9.17, 15) is 14.0 Å². The van der Waals surface area contributed by atoms with Crippen LogP contribution in [0.4, 0.5) is 4.39 Å². The molecule has 152 valence electrons. The van der Waals surface area contributed by atoms with Crippen LogP contribution in [0, 0.1) is 11.2 Å². The molecule has 1 aromatic carbocycles. The monoisotopic (exact) mass is 387 g/mol. The predicted octanol–water partition coefficient (Wildman–Crippen LogP) is 2.81. The molecule has 2 amide bonds. The zero-order valence-corrected chi connectivity index (χ0v) is 16.6. The van der Waals surface area contributed by atoms with Crippen LogP contribution in [-0.4, -0.2) is 60.4 Å². The summed E-state index contributed by atoms with van der Waals surface area (Å²) in [6.07, 6.45) is 6.45. The van der Waals surface area contributed by atoms with Crippen LogP contribution in [0.25, 0.3) is 0 Å². The van der Waals surface area contributed by atoms with Crippen molar-refractivity contribution >= 4 is 11.8 Å². The van der Waals surface area contributed by atoms with Gasteiger partial charge >= 0.3 is 0 Å². The molecule has 0 bridgehead atoms. The number of amides is 2. The van der Waals surface area contributed by atoms with Gasteiger partial charge in [0.2, 0.25) is 5.91 Å². The SMILES string of the molecule is CN1CCC(N2CCC3(CCCC(NC(=O)c4cccc(F)c4)C3)C2=O)CC1. The van der Waals surface area contributed by atoms with Crippen LogP contribution in [0.2, 0.25) is 0 Å². The van der Waals surface area contributed by atoms with E-state index in [1.807, 2.05) is 0 Å². The number of nitrogens with zero attached hydrogens (tertiary/aromatic N) is 2. The molecule has 0 aromatic heterocycles. The summed E-state index contributed by atoms with van der Waals surface area (Å²) in [6.45, 7) is 2.94. The first kappa shape index (κ1) is 19.4. The predicted molar refractivity (Wildman–Crippen MR) is 105 cm³/mol. The van der Waals surface area contributed by atoms with E-state index in [0.29, 0.717) is 23.9 Å². The van der Waals surface area contributed by atoms with Gasteiger partial charge in [-0.15, -0.1) is 0 Å². The Bertz CT molecular complexity index is 747. The summed E-state index contributed by atoms with van der Waals surface area (Å²) in [5.41, 5.74) is 0.0203.